The second-order valence-corrected chi connectivity index (χ2v) is 9.93. The molecule has 2 saturated heterocycles. The van der Waals surface area contributed by atoms with Crippen LogP contribution >= 0.6 is 0 Å². The lowest BCUT2D eigenvalue weighted by Crippen LogP contribution is -2.50. The number of rotatable bonds is 8. The van der Waals surface area contributed by atoms with Gasteiger partial charge in [0.1, 0.15) is 29.3 Å². The third-order valence-corrected chi connectivity index (χ3v) is 7.89. The monoisotopic (exact) mass is 510 g/mol. The maximum atomic E-state index is 14.6. The maximum absolute atomic E-state index is 14.6. The molecule has 196 valence electrons. The minimum absolute atomic E-state index is 0.0309. The molecule has 2 fully saturated rings. The molecule has 2 heterocycles. The fourth-order valence-corrected chi connectivity index (χ4v) is 5.51. The van der Waals surface area contributed by atoms with Gasteiger partial charge in [-0.2, -0.15) is 0 Å². The van der Waals surface area contributed by atoms with E-state index in [4.69, 9.17) is 4.74 Å². The number of carboxylic acids is 1. The van der Waals surface area contributed by atoms with Gasteiger partial charge in [0.05, 0.1) is 13.1 Å². The number of hydrogen-bond donors (Lipinski definition) is 2. The topological polar surface area (TPSA) is 95.9 Å². The van der Waals surface area contributed by atoms with Gasteiger partial charge in [-0.25, -0.2) is 18.5 Å². The number of carboxylic acid groups (broad SMARTS) is 1. The van der Waals surface area contributed by atoms with Crippen molar-refractivity contribution in [3.63, 3.8) is 0 Å². The molecule has 37 heavy (non-hydrogen) atoms. The van der Waals surface area contributed by atoms with Crippen LogP contribution in [0, 0.1) is 19.7 Å². The van der Waals surface area contributed by atoms with Crippen LogP contribution in [0.3, 0.4) is 0 Å². The van der Waals surface area contributed by atoms with E-state index in [1.54, 1.807) is 26.0 Å². The van der Waals surface area contributed by atoms with E-state index in [0.717, 1.165) is 0 Å². The van der Waals surface area contributed by atoms with Crippen LogP contribution < -0.4 is 10.1 Å². The number of amides is 2. The van der Waals surface area contributed by atoms with Gasteiger partial charge in [-0.15, -0.1) is 0 Å². The van der Waals surface area contributed by atoms with Crippen molar-refractivity contribution in [2.24, 2.45) is 0 Å². The van der Waals surface area contributed by atoms with Crippen LogP contribution in [0.1, 0.15) is 50.4 Å². The van der Waals surface area contributed by atoms with Gasteiger partial charge in [0.2, 0.25) is 0 Å². The molecule has 0 aliphatic carbocycles. The Kier molecular flexibility index (Phi) is 7.21. The van der Waals surface area contributed by atoms with E-state index < -0.39 is 18.0 Å². The minimum Gasteiger partial charge on any atom is -0.483 e. The Morgan fingerprint density at radius 1 is 1.24 bits per heavy atom. The van der Waals surface area contributed by atoms with Crippen LogP contribution in [0.25, 0.3) is 0 Å². The highest BCUT2D eigenvalue weighted by molar-refractivity contribution is 6.00. The van der Waals surface area contributed by atoms with Gasteiger partial charge in [-0.1, -0.05) is 18.7 Å². The number of piperazine rings is 1. The molecule has 2 aliphatic rings. The highest BCUT2D eigenvalue weighted by atomic mass is 19.1. The molecule has 0 radical (unpaired) electrons. The molecule has 2 amide bonds. The Balaban J connectivity index is 1.65. The average molecular weight is 511 g/mol. The number of carbonyl (C=O) groups excluding carboxylic acids is 2. The molecule has 0 aromatic heterocycles. The molecule has 4 atom stereocenters. The number of nitrogens with one attached hydrogen (secondary N) is 1. The summed E-state index contributed by atoms with van der Waals surface area (Å²) in [5.74, 6) is -1.87. The van der Waals surface area contributed by atoms with Gasteiger partial charge in [0.15, 0.2) is 6.04 Å². The zero-order valence-electron chi connectivity index (χ0n) is 21.6. The zero-order valence-corrected chi connectivity index (χ0v) is 21.6. The lowest BCUT2D eigenvalue weighted by molar-refractivity contribution is -0.749. The molecule has 2 unspecified atom stereocenters. The van der Waals surface area contributed by atoms with E-state index in [0.29, 0.717) is 47.4 Å². The molecule has 4 rings (SSSR count). The first kappa shape index (κ1) is 26.5. The Morgan fingerprint density at radius 3 is 2.57 bits per heavy atom. The average Bonchev–Trinajstić information content (AvgIpc) is 3.48. The molecule has 8 nitrogen and oxygen atoms in total. The zero-order chi connectivity index (χ0) is 27.1. The van der Waals surface area contributed by atoms with Gasteiger partial charge in [0, 0.05) is 31.8 Å². The van der Waals surface area contributed by atoms with E-state index in [9.17, 15) is 23.9 Å². The number of aryl methyl sites for hydroxylation is 2. The maximum Gasteiger partial charge on any atom is 0.339 e. The van der Waals surface area contributed by atoms with Gasteiger partial charge >= 0.3 is 11.9 Å². The van der Waals surface area contributed by atoms with Crippen molar-refractivity contribution in [1.29, 1.82) is 0 Å². The number of hydrogen-bond acceptors (Lipinski definition) is 5. The Hall–Kier alpha value is -3.56. The molecule has 2 aromatic rings. The van der Waals surface area contributed by atoms with Crippen molar-refractivity contribution in [1.82, 2.24) is 10.2 Å². The molecule has 9 heteroatoms. The first-order valence-corrected chi connectivity index (χ1v) is 12.3. The van der Waals surface area contributed by atoms with E-state index in [1.165, 1.54) is 31.3 Å². The van der Waals surface area contributed by atoms with Crippen LogP contribution in [0.4, 0.5) is 4.39 Å². The van der Waals surface area contributed by atoms with Crippen molar-refractivity contribution >= 4 is 17.8 Å². The molecular formula is C28H33FN3O5+. The predicted octanol–water partition coefficient (Wildman–Crippen LogP) is 3.24. The summed E-state index contributed by atoms with van der Waals surface area (Å²) >= 11 is 0. The molecule has 0 bridgehead atoms. The second kappa shape index (κ2) is 10.1. The van der Waals surface area contributed by atoms with Gasteiger partial charge in [-0.3, -0.25) is 9.69 Å². The summed E-state index contributed by atoms with van der Waals surface area (Å²) in [5.41, 5.74) is 1.72. The van der Waals surface area contributed by atoms with Gasteiger partial charge in [-0.05, 0) is 55.7 Å². The summed E-state index contributed by atoms with van der Waals surface area (Å²) in [7, 11) is 1.48. The SMILES string of the molecule is C=CC(=O)[N+]12CCN(C[C@@H](Oc3cc(C)c(C(=O)NC)cc3C(=O)O)c3ccc(C)c(F)c3)CC1[C@H]2C. The van der Waals surface area contributed by atoms with Gasteiger partial charge < -0.3 is 15.2 Å². The summed E-state index contributed by atoms with van der Waals surface area (Å²) < 4.78 is 21.3. The van der Waals surface area contributed by atoms with Crippen LogP contribution in [0.2, 0.25) is 0 Å². The van der Waals surface area contributed by atoms with E-state index in [-0.39, 0.29) is 40.7 Å². The number of benzene rings is 2. The number of aromatic carboxylic acids is 1. The van der Waals surface area contributed by atoms with Crippen LogP contribution in [0.5, 0.6) is 5.75 Å². The van der Waals surface area contributed by atoms with Crippen LogP contribution in [0.15, 0.2) is 43.0 Å². The summed E-state index contributed by atoms with van der Waals surface area (Å²) in [4.78, 5) is 39.0. The van der Waals surface area contributed by atoms with Crippen molar-refractivity contribution in [3.05, 3.63) is 76.6 Å². The highest BCUT2D eigenvalue weighted by Gasteiger charge is 2.69. The second-order valence-electron chi connectivity index (χ2n) is 9.93. The number of carbonyl (C=O) groups is 3. The summed E-state index contributed by atoms with van der Waals surface area (Å²) in [6.07, 6.45) is 0.716. The van der Waals surface area contributed by atoms with Crippen molar-refractivity contribution in [2.45, 2.75) is 39.0 Å². The predicted molar refractivity (Wildman–Crippen MR) is 136 cm³/mol. The molecule has 0 spiro atoms. The Bertz CT molecular complexity index is 1280. The first-order valence-electron chi connectivity index (χ1n) is 12.3. The van der Waals surface area contributed by atoms with Gasteiger partial charge in [0.25, 0.3) is 5.91 Å². The highest BCUT2D eigenvalue weighted by Crippen LogP contribution is 2.43. The quantitative estimate of drug-likeness (QED) is 0.322. The number of fused-ring (bicyclic) bond motifs is 1. The third kappa shape index (κ3) is 4.76. The number of ether oxygens (including phenoxy) is 1. The molecular weight excluding hydrogens is 477 g/mol. The van der Waals surface area contributed by atoms with E-state index in [2.05, 4.69) is 23.7 Å². The summed E-state index contributed by atoms with van der Waals surface area (Å²) in [5, 5.41) is 12.4. The standard InChI is InChI=1S/C28H32FN3O5/c1-6-26(33)32-10-9-31(14-23(32)18(32)4)15-25(19-8-7-16(2)22(29)12-19)37-24-11-17(3)20(27(34)30-5)13-21(24)28(35)36/h6-8,11-13,18,23,25H,1,9-10,14-15H2,2-5H3,(H-,30,34,35,36)/p+1/t18-,23?,25-,32?/m1/s1. The number of nitrogens with zero attached hydrogens (tertiary/aromatic N) is 2. The van der Waals surface area contributed by atoms with Crippen molar-refractivity contribution in [2.75, 3.05) is 33.2 Å². The minimum atomic E-state index is -1.23. The van der Waals surface area contributed by atoms with Crippen LogP contribution in [-0.4, -0.2) is 77.6 Å². The van der Waals surface area contributed by atoms with E-state index in [1.807, 2.05) is 0 Å². The number of quaternary nitrogens is 1. The molecule has 0 saturated carbocycles. The largest absolute Gasteiger partial charge is 0.483 e. The normalized spacial score (nSPS) is 23.5. The van der Waals surface area contributed by atoms with E-state index >= 15 is 0 Å². The lowest BCUT2D eigenvalue weighted by atomic mass is 10.0. The first-order chi connectivity index (χ1) is 17.5. The molecule has 2 N–H and O–H groups in total. The third-order valence-electron chi connectivity index (χ3n) is 7.89. The van der Waals surface area contributed by atoms with Crippen molar-refractivity contribution in [3.8, 4) is 5.75 Å². The molecule has 2 aromatic carbocycles. The lowest BCUT2D eigenvalue weighted by Gasteiger charge is -2.33. The Morgan fingerprint density at radius 2 is 1.97 bits per heavy atom. The summed E-state index contributed by atoms with van der Waals surface area (Å²) in [6.45, 7) is 11.4. The fraction of sp³-hybridized carbons (Fsp3) is 0.393. The van der Waals surface area contributed by atoms with Crippen molar-refractivity contribution < 1.29 is 33.1 Å². The smallest absolute Gasteiger partial charge is 0.339 e. The Labute approximate surface area is 215 Å². The summed E-state index contributed by atoms with van der Waals surface area (Å²) in [6, 6.07) is 8.05. The molecule has 2 aliphatic heterocycles. The van der Waals surface area contributed by atoms with Crippen LogP contribution in [-0.2, 0) is 4.79 Å². The number of halogens is 1. The fourth-order valence-electron chi connectivity index (χ4n) is 5.51.